The number of nitrogens with zero attached hydrogens (tertiary/aromatic N) is 1. The van der Waals surface area contributed by atoms with Crippen molar-refractivity contribution in [1.82, 2.24) is 4.98 Å². The monoisotopic (exact) mass is 402 g/mol. The van der Waals surface area contributed by atoms with Crippen LogP contribution in [0.25, 0.3) is 10.8 Å². The number of aromatic nitrogens is 1. The predicted octanol–water partition coefficient (Wildman–Crippen LogP) is 6.62. The Morgan fingerprint density at radius 2 is 1.74 bits per heavy atom. The second-order valence-corrected chi connectivity index (χ2v) is 7.41. The van der Waals surface area contributed by atoms with Crippen molar-refractivity contribution >= 4 is 45.5 Å². The summed E-state index contributed by atoms with van der Waals surface area (Å²) < 4.78 is 11.9. The molecule has 27 heavy (non-hydrogen) atoms. The zero-order valence-electron chi connectivity index (χ0n) is 15.0. The molecule has 1 fully saturated rings. The summed E-state index contributed by atoms with van der Waals surface area (Å²) in [5, 5.41) is 6.21. The number of benzene rings is 2. The molecule has 2 aromatic carbocycles. The van der Waals surface area contributed by atoms with Gasteiger partial charge in [-0.05, 0) is 56.0 Å². The van der Waals surface area contributed by atoms with E-state index in [0.717, 1.165) is 35.1 Å². The number of rotatable bonds is 5. The van der Waals surface area contributed by atoms with Crippen molar-refractivity contribution in [1.29, 1.82) is 0 Å². The number of nitrogens with one attached hydrogen (secondary N) is 1. The van der Waals surface area contributed by atoms with Gasteiger partial charge in [-0.3, -0.25) is 0 Å². The highest BCUT2D eigenvalue weighted by Crippen LogP contribution is 2.41. The summed E-state index contributed by atoms with van der Waals surface area (Å²) in [6.45, 7) is 0. The van der Waals surface area contributed by atoms with Crippen LogP contribution in [-0.2, 0) is 0 Å². The molecule has 140 valence electrons. The summed E-state index contributed by atoms with van der Waals surface area (Å²) >= 11 is 12.6. The first-order chi connectivity index (χ1) is 13.2. The average molecular weight is 403 g/mol. The summed E-state index contributed by atoms with van der Waals surface area (Å²) in [6.07, 6.45) is 6.53. The van der Waals surface area contributed by atoms with Crippen LogP contribution >= 0.6 is 23.2 Å². The minimum Gasteiger partial charge on any atom is -0.493 e. The average Bonchev–Trinajstić information content (AvgIpc) is 3.18. The number of methoxy groups -OCH3 is 1. The summed E-state index contributed by atoms with van der Waals surface area (Å²) in [7, 11) is 1.66. The number of hydrogen-bond acceptors (Lipinski definition) is 4. The number of ether oxygens (including phenoxy) is 2. The minimum absolute atomic E-state index is 0.229. The minimum atomic E-state index is 0.229. The van der Waals surface area contributed by atoms with E-state index in [1.165, 1.54) is 12.8 Å². The van der Waals surface area contributed by atoms with Crippen molar-refractivity contribution in [2.75, 3.05) is 12.4 Å². The van der Waals surface area contributed by atoms with E-state index in [1.807, 2.05) is 24.3 Å². The number of hydrogen-bond donors (Lipinski definition) is 1. The lowest BCUT2D eigenvalue weighted by Gasteiger charge is -2.19. The van der Waals surface area contributed by atoms with Gasteiger partial charge in [-0.25, -0.2) is 4.98 Å². The summed E-state index contributed by atoms with van der Waals surface area (Å²) in [5.74, 6) is 2.15. The maximum Gasteiger partial charge on any atom is 0.169 e. The number of para-hydroxylation sites is 1. The molecule has 0 spiro atoms. The van der Waals surface area contributed by atoms with Crippen LogP contribution in [0.1, 0.15) is 25.7 Å². The lowest BCUT2D eigenvalue weighted by atomic mass is 10.1. The van der Waals surface area contributed by atoms with Gasteiger partial charge in [-0.1, -0.05) is 29.3 Å². The highest BCUT2D eigenvalue weighted by atomic mass is 35.5. The lowest BCUT2D eigenvalue weighted by molar-refractivity contribution is 0.203. The van der Waals surface area contributed by atoms with Gasteiger partial charge in [-0.2, -0.15) is 0 Å². The second-order valence-electron chi connectivity index (χ2n) is 6.60. The first kappa shape index (κ1) is 18.2. The van der Waals surface area contributed by atoms with Crippen LogP contribution in [0.15, 0.2) is 42.6 Å². The van der Waals surface area contributed by atoms with Gasteiger partial charge in [0.05, 0.1) is 28.9 Å². The Hall–Kier alpha value is -2.17. The molecule has 6 heteroatoms. The quantitative estimate of drug-likeness (QED) is 0.520. The fourth-order valence-corrected chi connectivity index (χ4v) is 3.99. The van der Waals surface area contributed by atoms with Crippen molar-refractivity contribution in [2.24, 2.45) is 0 Å². The number of pyridine rings is 1. The molecule has 4 nitrogen and oxygen atoms in total. The molecule has 0 saturated heterocycles. The molecule has 0 radical (unpaired) electrons. The van der Waals surface area contributed by atoms with Gasteiger partial charge < -0.3 is 14.8 Å². The highest BCUT2D eigenvalue weighted by Gasteiger charge is 2.21. The molecule has 1 heterocycles. The molecular formula is C21H20Cl2N2O2. The van der Waals surface area contributed by atoms with Gasteiger partial charge in [-0.15, -0.1) is 0 Å². The Morgan fingerprint density at radius 1 is 1.00 bits per heavy atom. The largest absolute Gasteiger partial charge is 0.493 e. The Labute approximate surface area is 168 Å². The van der Waals surface area contributed by atoms with Gasteiger partial charge >= 0.3 is 0 Å². The third kappa shape index (κ3) is 3.64. The van der Waals surface area contributed by atoms with Crippen LogP contribution in [0.5, 0.6) is 11.5 Å². The molecule has 1 N–H and O–H groups in total. The fraction of sp³-hybridized carbons (Fsp3) is 0.286. The highest BCUT2D eigenvalue weighted by molar-refractivity contribution is 6.39. The maximum absolute atomic E-state index is 6.33. The van der Waals surface area contributed by atoms with Crippen LogP contribution in [0.3, 0.4) is 0 Å². The van der Waals surface area contributed by atoms with Gasteiger partial charge in [0.1, 0.15) is 5.82 Å². The zero-order valence-corrected chi connectivity index (χ0v) is 16.5. The number of fused-ring (bicyclic) bond motifs is 1. The Balaban J connectivity index is 1.79. The third-order valence-electron chi connectivity index (χ3n) is 4.87. The Morgan fingerprint density at radius 3 is 2.44 bits per heavy atom. The zero-order chi connectivity index (χ0) is 18.8. The molecule has 1 saturated carbocycles. The Kier molecular flexibility index (Phi) is 5.28. The summed E-state index contributed by atoms with van der Waals surface area (Å²) in [5.41, 5.74) is 0.634. The first-order valence-electron chi connectivity index (χ1n) is 9.01. The fourth-order valence-electron chi connectivity index (χ4n) is 3.50. The molecule has 1 aliphatic rings. The molecule has 0 bridgehead atoms. The number of anilines is 2. The second kappa shape index (κ2) is 7.83. The molecule has 1 aromatic heterocycles. The molecule has 0 amide bonds. The molecule has 4 rings (SSSR count). The molecule has 0 aliphatic heterocycles. The molecule has 1 aliphatic carbocycles. The van der Waals surface area contributed by atoms with Crippen molar-refractivity contribution in [3.63, 3.8) is 0 Å². The smallest absolute Gasteiger partial charge is 0.169 e. The van der Waals surface area contributed by atoms with Crippen LogP contribution in [-0.4, -0.2) is 18.2 Å². The molecule has 0 unspecified atom stereocenters. The van der Waals surface area contributed by atoms with Crippen molar-refractivity contribution in [3.05, 3.63) is 52.6 Å². The lowest BCUT2D eigenvalue weighted by Crippen LogP contribution is -2.12. The maximum atomic E-state index is 6.33. The van der Waals surface area contributed by atoms with E-state index in [0.29, 0.717) is 21.6 Å². The van der Waals surface area contributed by atoms with E-state index >= 15 is 0 Å². The van der Waals surface area contributed by atoms with E-state index in [2.05, 4.69) is 10.3 Å². The van der Waals surface area contributed by atoms with Gasteiger partial charge in [0.2, 0.25) is 0 Å². The summed E-state index contributed by atoms with van der Waals surface area (Å²) in [4.78, 5) is 4.49. The van der Waals surface area contributed by atoms with Crippen LogP contribution < -0.4 is 14.8 Å². The topological polar surface area (TPSA) is 43.4 Å². The molecule has 3 aromatic rings. The van der Waals surface area contributed by atoms with Gasteiger partial charge in [0.25, 0.3) is 0 Å². The van der Waals surface area contributed by atoms with E-state index in [1.54, 1.807) is 25.4 Å². The van der Waals surface area contributed by atoms with Crippen LogP contribution in [0.2, 0.25) is 10.0 Å². The SMILES string of the molecule is COc1ccc2c(Nc3c(Cl)cccc3Cl)nccc2c1OC1CCCC1. The van der Waals surface area contributed by atoms with E-state index in [4.69, 9.17) is 32.7 Å². The van der Waals surface area contributed by atoms with Crippen LogP contribution in [0, 0.1) is 0 Å². The van der Waals surface area contributed by atoms with Gasteiger partial charge in [0.15, 0.2) is 11.5 Å². The molecular weight excluding hydrogens is 383 g/mol. The van der Waals surface area contributed by atoms with E-state index in [-0.39, 0.29) is 6.10 Å². The third-order valence-corrected chi connectivity index (χ3v) is 5.50. The normalized spacial score (nSPS) is 14.5. The van der Waals surface area contributed by atoms with Crippen LogP contribution in [0.4, 0.5) is 11.5 Å². The van der Waals surface area contributed by atoms with E-state index < -0.39 is 0 Å². The van der Waals surface area contributed by atoms with E-state index in [9.17, 15) is 0 Å². The molecule has 0 atom stereocenters. The first-order valence-corrected chi connectivity index (χ1v) is 9.76. The van der Waals surface area contributed by atoms with Gasteiger partial charge in [0, 0.05) is 17.0 Å². The Bertz CT molecular complexity index is 952. The predicted molar refractivity (Wildman–Crippen MR) is 111 cm³/mol. The van der Waals surface area contributed by atoms with Crippen molar-refractivity contribution in [2.45, 2.75) is 31.8 Å². The standard InChI is InChI=1S/C21H20Cl2N2O2/c1-26-18-10-9-15-14(20(18)27-13-5-2-3-6-13)11-12-24-21(15)25-19-16(22)7-4-8-17(19)23/h4,7-13H,2-3,5-6H2,1H3,(H,24,25). The van der Waals surface area contributed by atoms with Crippen molar-refractivity contribution in [3.8, 4) is 11.5 Å². The van der Waals surface area contributed by atoms with Crippen molar-refractivity contribution < 1.29 is 9.47 Å². The summed E-state index contributed by atoms with van der Waals surface area (Å²) in [6, 6.07) is 11.2. The number of halogens is 2.